The quantitative estimate of drug-likeness (QED) is 0.836. The van der Waals surface area contributed by atoms with Crippen molar-refractivity contribution < 1.29 is 14.3 Å². The summed E-state index contributed by atoms with van der Waals surface area (Å²) in [5.41, 5.74) is 1.67. The molecule has 5 heteroatoms. The smallest absolute Gasteiger partial charge is 0.338 e. The molecule has 0 aromatic heterocycles. The average molecular weight is 342 g/mol. The SMILES string of the molecule is CCOC(=O)c1cc(Br)cc(CNC2CCOCC2)c1. The molecule has 0 amide bonds. The van der Waals surface area contributed by atoms with Crippen molar-refractivity contribution in [2.75, 3.05) is 19.8 Å². The normalized spacial score (nSPS) is 16.1. The van der Waals surface area contributed by atoms with Gasteiger partial charge in [0.1, 0.15) is 0 Å². The zero-order valence-corrected chi connectivity index (χ0v) is 13.2. The lowest BCUT2D eigenvalue weighted by Crippen LogP contribution is -2.34. The van der Waals surface area contributed by atoms with Gasteiger partial charge >= 0.3 is 5.97 Å². The molecule has 1 N–H and O–H groups in total. The van der Waals surface area contributed by atoms with Crippen LogP contribution in [0.5, 0.6) is 0 Å². The van der Waals surface area contributed by atoms with Crippen molar-refractivity contribution in [2.45, 2.75) is 32.4 Å². The van der Waals surface area contributed by atoms with Crippen LogP contribution in [0.1, 0.15) is 35.7 Å². The summed E-state index contributed by atoms with van der Waals surface area (Å²) < 4.78 is 11.3. The Kier molecular flexibility index (Phi) is 6.01. The molecular weight excluding hydrogens is 322 g/mol. The molecule has 2 rings (SSSR count). The fraction of sp³-hybridized carbons (Fsp3) is 0.533. The molecule has 1 aliphatic heterocycles. The van der Waals surface area contributed by atoms with E-state index in [1.54, 1.807) is 6.07 Å². The summed E-state index contributed by atoms with van der Waals surface area (Å²) in [4.78, 5) is 11.8. The Morgan fingerprint density at radius 2 is 2.15 bits per heavy atom. The molecule has 110 valence electrons. The van der Waals surface area contributed by atoms with E-state index >= 15 is 0 Å². The van der Waals surface area contributed by atoms with Gasteiger partial charge in [0.2, 0.25) is 0 Å². The molecule has 0 aliphatic carbocycles. The predicted molar refractivity (Wildman–Crippen MR) is 80.8 cm³/mol. The number of ether oxygens (including phenoxy) is 2. The summed E-state index contributed by atoms with van der Waals surface area (Å²) in [6.07, 6.45) is 2.08. The zero-order valence-electron chi connectivity index (χ0n) is 11.7. The van der Waals surface area contributed by atoms with Crippen molar-refractivity contribution in [3.8, 4) is 0 Å². The number of hydrogen-bond acceptors (Lipinski definition) is 4. The van der Waals surface area contributed by atoms with E-state index in [1.165, 1.54) is 0 Å². The first-order chi connectivity index (χ1) is 9.69. The minimum Gasteiger partial charge on any atom is -0.462 e. The fourth-order valence-electron chi connectivity index (χ4n) is 2.25. The largest absolute Gasteiger partial charge is 0.462 e. The maximum Gasteiger partial charge on any atom is 0.338 e. The highest BCUT2D eigenvalue weighted by Crippen LogP contribution is 2.17. The first-order valence-electron chi connectivity index (χ1n) is 6.96. The van der Waals surface area contributed by atoms with Crippen LogP contribution in [-0.2, 0) is 16.0 Å². The molecule has 4 nitrogen and oxygen atoms in total. The van der Waals surface area contributed by atoms with Crippen molar-refractivity contribution in [1.82, 2.24) is 5.32 Å². The van der Waals surface area contributed by atoms with E-state index in [2.05, 4.69) is 21.2 Å². The van der Waals surface area contributed by atoms with E-state index in [9.17, 15) is 4.79 Å². The Hall–Kier alpha value is -0.910. The highest BCUT2D eigenvalue weighted by atomic mass is 79.9. The third kappa shape index (κ3) is 4.58. The molecule has 20 heavy (non-hydrogen) atoms. The van der Waals surface area contributed by atoms with Crippen molar-refractivity contribution in [2.24, 2.45) is 0 Å². The lowest BCUT2D eigenvalue weighted by atomic mass is 10.1. The Balaban J connectivity index is 1.98. The number of rotatable bonds is 5. The van der Waals surface area contributed by atoms with E-state index in [1.807, 2.05) is 19.1 Å². The predicted octanol–water partition coefficient (Wildman–Crippen LogP) is 2.89. The second-order valence-electron chi connectivity index (χ2n) is 4.84. The molecule has 0 radical (unpaired) electrons. The second-order valence-corrected chi connectivity index (χ2v) is 5.75. The van der Waals surface area contributed by atoms with Crippen molar-refractivity contribution in [3.63, 3.8) is 0 Å². The van der Waals surface area contributed by atoms with Gasteiger partial charge < -0.3 is 14.8 Å². The van der Waals surface area contributed by atoms with Crippen molar-refractivity contribution in [1.29, 1.82) is 0 Å². The number of halogens is 1. The molecule has 1 heterocycles. The lowest BCUT2D eigenvalue weighted by Gasteiger charge is -2.23. The van der Waals surface area contributed by atoms with Gasteiger partial charge in [0.15, 0.2) is 0 Å². The summed E-state index contributed by atoms with van der Waals surface area (Å²) in [7, 11) is 0. The van der Waals surface area contributed by atoms with Crippen LogP contribution in [0.25, 0.3) is 0 Å². The van der Waals surface area contributed by atoms with Gasteiger partial charge in [-0.15, -0.1) is 0 Å². The molecule has 0 atom stereocenters. The lowest BCUT2D eigenvalue weighted by molar-refractivity contribution is 0.0526. The van der Waals surface area contributed by atoms with E-state index in [4.69, 9.17) is 9.47 Å². The van der Waals surface area contributed by atoms with Crippen LogP contribution < -0.4 is 5.32 Å². The summed E-state index contributed by atoms with van der Waals surface area (Å²) in [5.74, 6) is -0.277. The summed E-state index contributed by atoms with van der Waals surface area (Å²) in [5, 5.41) is 3.51. The molecular formula is C15H20BrNO3. The number of carbonyl (C=O) groups is 1. The average Bonchev–Trinajstić information content (AvgIpc) is 2.46. The standard InChI is InChI=1S/C15H20BrNO3/c1-2-20-15(18)12-7-11(8-13(16)9-12)10-17-14-3-5-19-6-4-14/h7-9,14,17H,2-6,10H2,1H3. The zero-order chi connectivity index (χ0) is 14.4. The van der Waals surface area contributed by atoms with Crippen molar-refractivity contribution >= 4 is 21.9 Å². The monoisotopic (exact) mass is 341 g/mol. The number of carbonyl (C=O) groups excluding carboxylic acids is 1. The fourth-order valence-corrected chi connectivity index (χ4v) is 2.79. The summed E-state index contributed by atoms with van der Waals surface area (Å²) in [6, 6.07) is 6.19. The molecule has 0 unspecified atom stereocenters. The number of esters is 1. The number of nitrogens with one attached hydrogen (secondary N) is 1. The first kappa shape index (κ1) is 15.5. The molecule has 1 aromatic rings. The third-order valence-electron chi connectivity index (χ3n) is 3.28. The van der Waals surface area contributed by atoms with Gasteiger partial charge in [0, 0.05) is 30.3 Å². The Morgan fingerprint density at radius 1 is 1.40 bits per heavy atom. The minimum absolute atomic E-state index is 0.277. The van der Waals surface area contributed by atoms with Gasteiger partial charge in [-0.05, 0) is 43.5 Å². The first-order valence-corrected chi connectivity index (χ1v) is 7.76. The number of hydrogen-bond donors (Lipinski definition) is 1. The molecule has 0 bridgehead atoms. The Labute approximate surface area is 128 Å². The van der Waals surface area contributed by atoms with Crippen LogP contribution in [0.3, 0.4) is 0 Å². The highest BCUT2D eigenvalue weighted by molar-refractivity contribution is 9.10. The van der Waals surface area contributed by atoms with Gasteiger partial charge in [-0.25, -0.2) is 4.79 Å². The van der Waals surface area contributed by atoms with Crippen LogP contribution in [0, 0.1) is 0 Å². The summed E-state index contributed by atoms with van der Waals surface area (Å²) in [6.45, 7) is 4.59. The summed E-state index contributed by atoms with van der Waals surface area (Å²) >= 11 is 3.44. The molecule has 0 saturated carbocycles. The van der Waals surface area contributed by atoms with Crippen LogP contribution >= 0.6 is 15.9 Å². The van der Waals surface area contributed by atoms with Gasteiger partial charge in [0.05, 0.1) is 12.2 Å². The molecule has 0 spiro atoms. The van der Waals surface area contributed by atoms with Crippen LogP contribution in [0.15, 0.2) is 22.7 Å². The van der Waals surface area contributed by atoms with Gasteiger partial charge in [-0.3, -0.25) is 0 Å². The molecule has 1 aliphatic rings. The van der Waals surface area contributed by atoms with Crippen LogP contribution in [0.2, 0.25) is 0 Å². The topological polar surface area (TPSA) is 47.6 Å². The highest BCUT2D eigenvalue weighted by Gasteiger charge is 2.14. The minimum atomic E-state index is -0.277. The molecule has 1 saturated heterocycles. The third-order valence-corrected chi connectivity index (χ3v) is 3.74. The van der Waals surface area contributed by atoms with E-state index in [0.717, 1.165) is 42.6 Å². The maximum absolute atomic E-state index is 11.8. The van der Waals surface area contributed by atoms with Gasteiger partial charge in [-0.1, -0.05) is 15.9 Å². The van der Waals surface area contributed by atoms with Crippen LogP contribution in [-0.4, -0.2) is 31.8 Å². The molecule has 1 fully saturated rings. The van der Waals surface area contributed by atoms with Crippen LogP contribution in [0.4, 0.5) is 0 Å². The van der Waals surface area contributed by atoms with Crippen molar-refractivity contribution in [3.05, 3.63) is 33.8 Å². The van der Waals surface area contributed by atoms with E-state index in [0.29, 0.717) is 18.2 Å². The van der Waals surface area contributed by atoms with Gasteiger partial charge in [-0.2, -0.15) is 0 Å². The van der Waals surface area contributed by atoms with E-state index < -0.39 is 0 Å². The van der Waals surface area contributed by atoms with Gasteiger partial charge in [0.25, 0.3) is 0 Å². The maximum atomic E-state index is 11.8. The number of benzene rings is 1. The second kappa shape index (κ2) is 7.76. The molecule has 1 aromatic carbocycles. The Bertz CT molecular complexity index is 458. The Morgan fingerprint density at radius 3 is 2.85 bits per heavy atom. The van der Waals surface area contributed by atoms with E-state index in [-0.39, 0.29) is 5.97 Å².